The lowest BCUT2D eigenvalue weighted by Gasteiger charge is -2.08. The monoisotopic (exact) mass is 237 g/mol. The fourth-order valence-electron chi connectivity index (χ4n) is 2.38. The second-order valence-corrected chi connectivity index (χ2v) is 4.28. The van der Waals surface area contributed by atoms with Crippen LogP contribution < -0.4 is 5.32 Å². The van der Waals surface area contributed by atoms with Crippen molar-refractivity contribution in [2.24, 2.45) is 7.05 Å². The Labute approximate surface area is 101 Å². The highest BCUT2D eigenvalue weighted by molar-refractivity contribution is 5.85. The van der Waals surface area contributed by atoms with Crippen LogP contribution in [0.1, 0.15) is 17.9 Å². The summed E-state index contributed by atoms with van der Waals surface area (Å²) in [5.74, 6) is 0.689. The van der Waals surface area contributed by atoms with Gasteiger partial charge in [0.15, 0.2) is 0 Å². The molecule has 0 saturated carbocycles. The zero-order valence-corrected chi connectivity index (χ0v) is 10.1. The molecule has 1 atom stereocenters. The Hall–Kier alpha value is -1.06. The Balaban J connectivity index is 0.000000963. The SMILES string of the molecule is Cl.Cn1ncc2cc(C3CCNC3)ccc21. The topological polar surface area (TPSA) is 29.9 Å². The van der Waals surface area contributed by atoms with E-state index in [1.807, 2.05) is 17.9 Å². The van der Waals surface area contributed by atoms with Gasteiger partial charge in [0.25, 0.3) is 0 Å². The number of aromatic nitrogens is 2. The van der Waals surface area contributed by atoms with Crippen molar-refractivity contribution in [3.63, 3.8) is 0 Å². The van der Waals surface area contributed by atoms with E-state index in [4.69, 9.17) is 0 Å². The van der Waals surface area contributed by atoms with Crippen LogP contribution >= 0.6 is 12.4 Å². The van der Waals surface area contributed by atoms with Gasteiger partial charge in [-0.05, 0) is 36.6 Å². The zero-order chi connectivity index (χ0) is 10.3. The molecule has 86 valence electrons. The van der Waals surface area contributed by atoms with Gasteiger partial charge < -0.3 is 5.32 Å². The molecule has 0 spiro atoms. The maximum Gasteiger partial charge on any atom is 0.0679 e. The lowest BCUT2D eigenvalue weighted by atomic mass is 9.97. The molecular weight excluding hydrogens is 222 g/mol. The molecule has 1 aromatic heterocycles. The summed E-state index contributed by atoms with van der Waals surface area (Å²) >= 11 is 0. The minimum Gasteiger partial charge on any atom is -0.316 e. The molecule has 4 heteroatoms. The number of hydrogen-bond donors (Lipinski definition) is 1. The third-order valence-electron chi connectivity index (χ3n) is 3.30. The van der Waals surface area contributed by atoms with Gasteiger partial charge in [0, 0.05) is 19.0 Å². The van der Waals surface area contributed by atoms with Crippen LogP contribution in [0.3, 0.4) is 0 Å². The average molecular weight is 238 g/mol. The summed E-state index contributed by atoms with van der Waals surface area (Å²) in [6.07, 6.45) is 3.20. The summed E-state index contributed by atoms with van der Waals surface area (Å²) < 4.78 is 1.92. The Kier molecular flexibility index (Phi) is 3.17. The first-order valence-electron chi connectivity index (χ1n) is 5.47. The minimum absolute atomic E-state index is 0. The van der Waals surface area contributed by atoms with E-state index in [2.05, 4.69) is 28.6 Å². The number of aryl methyl sites for hydroxylation is 1. The summed E-state index contributed by atoms with van der Waals surface area (Å²) in [5.41, 5.74) is 2.66. The van der Waals surface area contributed by atoms with E-state index in [1.54, 1.807) is 0 Å². The molecule has 16 heavy (non-hydrogen) atoms. The van der Waals surface area contributed by atoms with Crippen molar-refractivity contribution in [2.45, 2.75) is 12.3 Å². The predicted molar refractivity (Wildman–Crippen MR) is 68.2 cm³/mol. The Bertz CT molecular complexity index is 486. The van der Waals surface area contributed by atoms with Gasteiger partial charge in [0.2, 0.25) is 0 Å². The molecule has 1 aliphatic heterocycles. The van der Waals surface area contributed by atoms with Crippen molar-refractivity contribution in [1.29, 1.82) is 0 Å². The van der Waals surface area contributed by atoms with Crippen LogP contribution in [-0.4, -0.2) is 22.9 Å². The van der Waals surface area contributed by atoms with E-state index >= 15 is 0 Å². The minimum atomic E-state index is 0. The number of rotatable bonds is 1. The van der Waals surface area contributed by atoms with E-state index in [0.717, 1.165) is 13.1 Å². The molecule has 1 aliphatic rings. The molecule has 0 amide bonds. The zero-order valence-electron chi connectivity index (χ0n) is 9.31. The summed E-state index contributed by atoms with van der Waals surface area (Å²) in [5, 5.41) is 8.92. The van der Waals surface area contributed by atoms with Gasteiger partial charge >= 0.3 is 0 Å². The van der Waals surface area contributed by atoms with Gasteiger partial charge in [-0.15, -0.1) is 12.4 Å². The van der Waals surface area contributed by atoms with Gasteiger partial charge in [-0.3, -0.25) is 4.68 Å². The summed E-state index contributed by atoms with van der Waals surface area (Å²) in [7, 11) is 1.99. The van der Waals surface area contributed by atoms with E-state index in [1.165, 1.54) is 22.9 Å². The predicted octanol–water partition coefficient (Wildman–Crippen LogP) is 2.07. The lowest BCUT2D eigenvalue weighted by Crippen LogP contribution is -2.07. The molecule has 1 unspecified atom stereocenters. The third-order valence-corrected chi connectivity index (χ3v) is 3.30. The first-order valence-corrected chi connectivity index (χ1v) is 5.47. The van der Waals surface area contributed by atoms with Gasteiger partial charge in [-0.1, -0.05) is 6.07 Å². The van der Waals surface area contributed by atoms with Gasteiger partial charge in [0.05, 0.1) is 11.7 Å². The van der Waals surface area contributed by atoms with E-state index in [9.17, 15) is 0 Å². The van der Waals surface area contributed by atoms with Crippen LogP contribution in [-0.2, 0) is 7.05 Å². The fraction of sp³-hybridized carbons (Fsp3) is 0.417. The molecule has 1 fully saturated rings. The molecular formula is C12H16ClN3. The molecule has 0 aliphatic carbocycles. The molecule has 3 rings (SSSR count). The number of hydrogen-bond acceptors (Lipinski definition) is 2. The molecule has 1 saturated heterocycles. The molecule has 0 bridgehead atoms. The molecule has 0 radical (unpaired) electrons. The fourth-order valence-corrected chi connectivity index (χ4v) is 2.38. The first-order chi connectivity index (χ1) is 7.34. The van der Waals surface area contributed by atoms with Gasteiger partial charge in [-0.2, -0.15) is 5.10 Å². The van der Waals surface area contributed by atoms with Gasteiger partial charge in [-0.25, -0.2) is 0 Å². The van der Waals surface area contributed by atoms with Crippen LogP contribution in [0.4, 0.5) is 0 Å². The molecule has 2 aromatic rings. The summed E-state index contributed by atoms with van der Waals surface area (Å²) in [6.45, 7) is 2.27. The van der Waals surface area contributed by atoms with Crippen LogP contribution in [0.2, 0.25) is 0 Å². The summed E-state index contributed by atoms with van der Waals surface area (Å²) in [6, 6.07) is 6.69. The van der Waals surface area contributed by atoms with Crippen molar-refractivity contribution in [3.8, 4) is 0 Å². The molecule has 1 aromatic carbocycles. The van der Waals surface area contributed by atoms with E-state index in [-0.39, 0.29) is 12.4 Å². The smallest absolute Gasteiger partial charge is 0.0679 e. The number of halogens is 1. The van der Waals surface area contributed by atoms with Gasteiger partial charge in [0.1, 0.15) is 0 Å². The quantitative estimate of drug-likeness (QED) is 0.823. The standard InChI is InChI=1S/C12H15N3.ClH/c1-15-12-3-2-9(6-11(12)8-14-15)10-4-5-13-7-10;/h2-3,6,8,10,13H,4-5,7H2,1H3;1H. The Morgan fingerprint density at radius 2 is 2.31 bits per heavy atom. The maximum atomic E-state index is 4.26. The number of benzene rings is 1. The highest BCUT2D eigenvalue weighted by atomic mass is 35.5. The second-order valence-electron chi connectivity index (χ2n) is 4.28. The lowest BCUT2D eigenvalue weighted by molar-refractivity contribution is 0.764. The maximum absolute atomic E-state index is 4.26. The average Bonchev–Trinajstić information content (AvgIpc) is 2.88. The Morgan fingerprint density at radius 1 is 1.44 bits per heavy atom. The number of nitrogens with zero attached hydrogens (tertiary/aromatic N) is 2. The second kappa shape index (κ2) is 4.44. The number of fused-ring (bicyclic) bond motifs is 1. The van der Waals surface area contributed by atoms with Crippen molar-refractivity contribution < 1.29 is 0 Å². The Morgan fingerprint density at radius 3 is 3.06 bits per heavy atom. The molecule has 1 N–H and O–H groups in total. The van der Waals surface area contributed by atoms with Crippen LogP contribution in [0, 0.1) is 0 Å². The number of nitrogens with one attached hydrogen (secondary N) is 1. The first kappa shape index (κ1) is 11.4. The highest BCUT2D eigenvalue weighted by Crippen LogP contribution is 2.25. The van der Waals surface area contributed by atoms with Crippen LogP contribution in [0.5, 0.6) is 0 Å². The molecule has 2 heterocycles. The van der Waals surface area contributed by atoms with Crippen LogP contribution in [0.25, 0.3) is 10.9 Å². The summed E-state index contributed by atoms with van der Waals surface area (Å²) in [4.78, 5) is 0. The van der Waals surface area contributed by atoms with E-state index in [0.29, 0.717) is 5.92 Å². The van der Waals surface area contributed by atoms with Crippen molar-refractivity contribution in [2.75, 3.05) is 13.1 Å². The normalized spacial score (nSPS) is 19.9. The van der Waals surface area contributed by atoms with Crippen molar-refractivity contribution >= 4 is 23.3 Å². The van der Waals surface area contributed by atoms with Crippen molar-refractivity contribution in [1.82, 2.24) is 15.1 Å². The largest absolute Gasteiger partial charge is 0.316 e. The van der Waals surface area contributed by atoms with Crippen molar-refractivity contribution in [3.05, 3.63) is 30.0 Å². The molecule has 3 nitrogen and oxygen atoms in total. The highest BCUT2D eigenvalue weighted by Gasteiger charge is 2.16. The van der Waals surface area contributed by atoms with E-state index < -0.39 is 0 Å². The third kappa shape index (κ3) is 1.81. The van der Waals surface area contributed by atoms with Crippen LogP contribution in [0.15, 0.2) is 24.4 Å².